The predicted octanol–water partition coefficient (Wildman–Crippen LogP) is 3.25. The molecule has 1 saturated heterocycles. The molecule has 1 atom stereocenters. The molecule has 1 aliphatic heterocycles. The van der Waals surface area contributed by atoms with Gasteiger partial charge in [-0.15, -0.1) is 21.5 Å². The number of likely N-dealkylation sites (tertiary alicyclic amines) is 1. The van der Waals surface area contributed by atoms with Crippen LogP contribution in [0.3, 0.4) is 0 Å². The largest absolute Gasteiger partial charge is 0.466 e. The highest BCUT2D eigenvalue weighted by Crippen LogP contribution is 2.38. The van der Waals surface area contributed by atoms with Crippen molar-refractivity contribution < 1.29 is 14.3 Å². The Balaban J connectivity index is 1.53. The third-order valence-corrected chi connectivity index (χ3v) is 6.38. The molecule has 1 aromatic heterocycles. The summed E-state index contributed by atoms with van der Waals surface area (Å²) in [7, 11) is 0. The maximum Gasteiger partial charge on any atom is 0.306 e. The van der Waals surface area contributed by atoms with Gasteiger partial charge in [-0.1, -0.05) is 12.8 Å². The van der Waals surface area contributed by atoms with Gasteiger partial charge in [-0.3, -0.25) is 9.59 Å². The first-order valence-electron chi connectivity index (χ1n) is 9.44. The second-order valence-corrected chi connectivity index (χ2v) is 7.98. The third-order valence-electron chi connectivity index (χ3n) is 5.13. The van der Waals surface area contributed by atoms with Crippen LogP contribution in [-0.4, -0.2) is 46.7 Å². The summed E-state index contributed by atoms with van der Waals surface area (Å²) in [6.07, 6.45) is 7.50. The molecule has 0 bridgehead atoms. The number of carbonyl (C=O) groups is 2. The van der Waals surface area contributed by atoms with E-state index in [9.17, 15) is 9.59 Å². The Labute approximate surface area is 153 Å². The Bertz CT molecular complexity index is 598. The lowest BCUT2D eigenvalue weighted by atomic mass is 9.98. The van der Waals surface area contributed by atoms with E-state index in [1.807, 2.05) is 4.90 Å². The summed E-state index contributed by atoms with van der Waals surface area (Å²) >= 11 is 1.74. The molecule has 1 aromatic rings. The fourth-order valence-electron chi connectivity index (χ4n) is 3.75. The average Bonchev–Trinajstić information content (AvgIpc) is 3.31. The van der Waals surface area contributed by atoms with Gasteiger partial charge in [0.1, 0.15) is 10.0 Å². The Hall–Kier alpha value is -1.50. The van der Waals surface area contributed by atoms with Crippen LogP contribution >= 0.6 is 11.3 Å². The summed E-state index contributed by atoms with van der Waals surface area (Å²) in [6, 6.07) is 0. The van der Waals surface area contributed by atoms with Crippen LogP contribution < -0.4 is 0 Å². The van der Waals surface area contributed by atoms with Gasteiger partial charge in [0.2, 0.25) is 5.91 Å². The lowest BCUT2D eigenvalue weighted by Gasteiger charge is -2.31. The van der Waals surface area contributed by atoms with E-state index < -0.39 is 0 Å². The van der Waals surface area contributed by atoms with Crippen molar-refractivity contribution in [2.24, 2.45) is 0 Å². The van der Waals surface area contributed by atoms with Crippen molar-refractivity contribution in [2.75, 3.05) is 19.7 Å². The van der Waals surface area contributed by atoms with Gasteiger partial charge < -0.3 is 9.64 Å². The zero-order valence-corrected chi connectivity index (χ0v) is 15.7. The first-order valence-corrected chi connectivity index (χ1v) is 10.3. The zero-order valence-electron chi connectivity index (χ0n) is 14.9. The normalized spacial score (nSPS) is 21.5. The SMILES string of the molecule is CCOC(=O)CCC(=O)N1CCCC(c2nnc(C3CCCC3)s2)C1. The maximum absolute atomic E-state index is 12.4. The predicted molar refractivity (Wildman–Crippen MR) is 95.5 cm³/mol. The summed E-state index contributed by atoms with van der Waals surface area (Å²) in [4.78, 5) is 25.7. The Morgan fingerprint density at radius 3 is 2.48 bits per heavy atom. The van der Waals surface area contributed by atoms with Gasteiger partial charge in [0, 0.05) is 31.3 Å². The van der Waals surface area contributed by atoms with Crippen molar-refractivity contribution in [1.82, 2.24) is 15.1 Å². The van der Waals surface area contributed by atoms with E-state index >= 15 is 0 Å². The van der Waals surface area contributed by atoms with Crippen molar-refractivity contribution in [1.29, 1.82) is 0 Å². The molecule has 138 valence electrons. The summed E-state index contributed by atoms with van der Waals surface area (Å²) < 4.78 is 4.90. The molecule has 6 nitrogen and oxygen atoms in total. The molecular formula is C18H27N3O3S. The van der Waals surface area contributed by atoms with E-state index in [0.717, 1.165) is 24.4 Å². The standard InChI is InChI=1S/C18H27N3O3S/c1-2-24-16(23)10-9-15(22)21-11-5-8-14(12-21)18-20-19-17(25-18)13-6-3-4-7-13/h13-14H,2-12H2,1H3. The van der Waals surface area contributed by atoms with Gasteiger partial charge in [0.25, 0.3) is 0 Å². The quantitative estimate of drug-likeness (QED) is 0.724. The molecule has 0 radical (unpaired) electrons. The van der Waals surface area contributed by atoms with Crippen LogP contribution in [0.2, 0.25) is 0 Å². The molecule has 1 saturated carbocycles. The van der Waals surface area contributed by atoms with E-state index in [1.54, 1.807) is 18.3 Å². The second kappa shape index (κ2) is 8.74. The van der Waals surface area contributed by atoms with E-state index in [4.69, 9.17) is 4.74 Å². The third kappa shape index (κ3) is 4.77. The molecule has 3 rings (SSSR count). The molecule has 1 aliphatic carbocycles. The van der Waals surface area contributed by atoms with Crippen molar-refractivity contribution in [3.8, 4) is 0 Å². The second-order valence-electron chi connectivity index (χ2n) is 6.94. The lowest BCUT2D eigenvalue weighted by molar-refractivity contribution is -0.145. The number of nitrogens with zero attached hydrogens (tertiary/aromatic N) is 3. The van der Waals surface area contributed by atoms with Gasteiger partial charge in [0.15, 0.2) is 0 Å². The molecule has 1 amide bonds. The number of hydrogen-bond acceptors (Lipinski definition) is 6. The monoisotopic (exact) mass is 365 g/mol. The molecule has 0 spiro atoms. The van der Waals surface area contributed by atoms with Crippen LogP contribution in [-0.2, 0) is 14.3 Å². The highest BCUT2D eigenvalue weighted by atomic mass is 32.1. The van der Waals surface area contributed by atoms with Crippen molar-refractivity contribution in [3.63, 3.8) is 0 Å². The van der Waals surface area contributed by atoms with Crippen LogP contribution in [0.4, 0.5) is 0 Å². The fraction of sp³-hybridized carbons (Fsp3) is 0.778. The Morgan fingerprint density at radius 2 is 1.76 bits per heavy atom. The van der Waals surface area contributed by atoms with Crippen molar-refractivity contribution >= 4 is 23.2 Å². The number of rotatable bonds is 6. The first-order chi connectivity index (χ1) is 12.2. The summed E-state index contributed by atoms with van der Waals surface area (Å²) in [5.41, 5.74) is 0. The van der Waals surface area contributed by atoms with Crippen LogP contribution in [0, 0.1) is 0 Å². The van der Waals surface area contributed by atoms with Gasteiger partial charge in [-0.05, 0) is 32.6 Å². The van der Waals surface area contributed by atoms with Gasteiger partial charge in [-0.25, -0.2) is 0 Å². The summed E-state index contributed by atoms with van der Waals surface area (Å²) in [5, 5.41) is 11.1. The highest BCUT2D eigenvalue weighted by Gasteiger charge is 2.29. The summed E-state index contributed by atoms with van der Waals surface area (Å²) in [6.45, 7) is 3.60. The zero-order chi connectivity index (χ0) is 17.6. The van der Waals surface area contributed by atoms with Crippen molar-refractivity contribution in [2.45, 2.75) is 70.1 Å². The van der Waals surface area contributed by atoms with Crippen LogP contribution in [0.1, 0.15) is 80.1 Å². The molecule has 2 aliphatic rings. The van der Waals surface area contributed by atoms with Crippen molar-refractivity contribution in [3.05, 3.63) is 10.0 Å². The molecule has 1 unspecified atom stereocenters. The number of hydrogen-bond donors (Lipinski definition) is 0. The molecule has 0 aromatic carbocycles. The number of amides is 1. The minimum absolute atomic E-state index is 0.0401. The molecule has 0 N–H and O–H groups in total. The minimum atomic E-state index is -0.297. The van der Waals surface area contributed by atoms with E-state index in [1.165, 1.54) is 30.7 Å². The van der Waals surface area contributed by atoms with Crippen LogP contribution in [0.25, 0.3) is 0 Å². The number of ether oxygens (including phenoxy) is 1. The molecule has 25 heavy (non-hydrogen) atoms. The molecule has 2 fully saturated rings. The topological polar surface area (TPSA) is 72.4 Å². The number of aromatic nitrogens is 2. The molecular weight excluding hydrogens is 338 g/mol. The van der Waals surface area contributed by atoms with Gasteiger partial charge in [-0.2, -0.15) is 0 Å². The number of piperidine rings is 1. The Kier molecular flexibility index (Phi) is 6.39. The van der Waals surface area contributed by atoms with Crippen LogP contribution in [0.5, 0.6) is 0 Å². The lowest BCUT2D eigenvalue weighted by Crippen LogP contribution is -2.39. The van der Waals surface area contributed by atoms with Gasteiger partial charge in [0.05, 0.1) is 13.0 Å². The molecule has 7 heteroatoms. The minimum Gasteiger partial charge on any atom is -0.466 e. The summed E-state index contributed by atoms with van der Waals surface area (Å²) in [5.74, 6) is 0.623. The highest BCUT2D eigenvalue weighted by molar-refractivity contribution is 7.11. The average molecular weight is 365 g/mol. The maximum atomic E-state index is 12.4. The fourth-order valence-corrected chi connectivity index (χ4v) is 4.89. The first kappa shape index (κ1) is 18.3. The smallest absolute Gasteiger partial charge is 0.306 e. The molecule has 2 heterocycles. The number of esters is 1. The van der Waals surface area contributed by atoms with E-state index in [0.29, 0.717) is 19.1 Å². The van der Waals surface area contributed by atoms with Crippen LogP contribution in [0.15, 0.2) is 0 Å². The van der Waals surface area contributed by atoms with E-state index in [-0.39, 0.29) is 30.6 Å². The number of carbonyl (C=O) groups excluding carboxylic acids is 2. The van der Waals surface area contributed by atoms with Gasteiger partial charge >= 0.3 is 5.97 Å². The van der Waals surface area contributed by atoms with E-state index in [2.05, 4.69) is 10.2 Å². The Morgan fingerprint density at radius 1 is 1.08 bits per heavy atom.